The summed E-state index contributed by atoms with van der Waals surface area (Å²) < 4.78 is 2.59. The first-order chi connectivity index (χ1) is 10.1. The molecule has 0 aliphatic heterocycles. The molecular formula is C15H16N4O2. The zero-order valence-electron chi connectivity index (χ0n) is 11.7. The molecule has 0 saturated carbocycles. The molecule has 6 heteroatoms. The van der Waals surface area contributed by atoms with Crippen LogP contribution in [0.1, 0.15) is 16.7 Å². The highest BCUT2D eigenvalue weighted by molar-refractivity contribution is 5.37. The van der Waals surface area contributed by atoms with Gasteiger partial charge in [-0.1, -0.05) is 6.07 Å². The summed E-state index contributed by atoms with van der Waals surface area (Å²) in [6.07, 6.45) is 1.48. The number of nitrogens with zero attached hydrogens (tertiary/aromatic N) is 3. The average Bonchev–Trinajstić information content (AvgIpc) is 2.48. The summed E-state index contributed by atoms with van der Waals surface area (Å²) in [6.45, 7) is 2.66. The Morgan fingerprint density at radius 1 is 1.29 bits per heavy atom. The lowest BCUT2D eigenvalue weighted by atomic mass is 10.1. The maximum atomic E-state index is 12.2. The van der Waals surface area contributed by atoms with E-state index in [0.29, 0.717) is 12.1 Å². The molecule has 2 rings (SSSR count). The maximum Gasteiger partial charge on any atom is 0.331 e. The first kappa shape index (κ1) is 14.8. The van der Waals surface area contributed by atoms with Crippen LogP contribution in [0.4, 0.5) is 0 Å². The first-order valence-electron chi connectivity index (χ1n) is 6.57. The zero-order chi connectivity index (χ0) is 15.4. The van der Waals surface area contributed by atoms with Crippen LogP contribution in [0.5, 0.6) is 0 Å². The number of nitriles is 1. The van der Waals surface area contributed by atoms with Gasteiger partial charge in [-0.2, -0.15) is 5.26 Å². The van der Waals surface area contributed by atoms with Gasteiger partial charge in [-0.3, -0.25) is 13.9 Å². The van der Waals surface area contributed by atoms with Crippen LogP contribution in [0.15, 0.2) is 40.1 Å². The van der Waals surface area contributed by atoms with Crippen molar-refractivity contribution in [1.82, 2.24) is 9.13 Å². The summed E-state index contributed by atoms with van der Waals surface area (Å²) in [6, 6.07) is 8.74. The molecule has 0 unspecified atom stereocenters. The van der Waals surface area contributed by atoms with Gasteiger partial charge in [0.2, 0.25) is 0 Å². The van der Waals surface area contributed by atoms with Crippen molar-refractivity contribution in [1.29, 1.82) is 5.26 Å². The van der Waals surface area contributed by atoms with E-state index in [-0.39, 0.29) is 24.3 Å². The average molecular weight is 284 g/mol. The Hall–Kier alpha value is -2.65. The van der Waals surface area contributed by atoms with Gasteiger partial charge in [0, 0.05) is 25.4 Å². The SMILES string of the molecule is Cc1cc(C#N)ccc1Cn1ccc(=O)n(CCN)c1=O. The van der Waals surface area contributed by atoms with Gasteiger partial charge in [0.15, 0.2) is 0 Å². The Morgan fingerprint density at radius 3 is 2.67 bits per heavy atom. The second kappa shape index (κ2) is 6.20. The van der Waals surface area contributed by atoms with Crippen molar-refractivity contribution in [2.75, 3.05) is 6.54 Å². The van der Waals surface area contributed by atoms with E-state index in [1.54, 1.807) is 12.1 Å². The van der Waals surface area contributed by atoms with Gasteiger partial charge < -0.3 is 5.73 Å². The van der Waals surface area contributed by atoms with Crippen LogP contribution >= 0.6 is 0 Å². The molecule has 0 saturated heterocycles. The monoisotopic (exact) mass is 284 g/mol. The predicted molar refractivity (Wildman–Crippen MR) is 79.0 cm³/mol. The Balaban J connectivity index is 2.41. The van der Waals surface area contributed by atoms with E-state index in [1.165, 1.54) is 16.8 Å². The molecule has 0 aliphatic rings. The van der Waals surface area contributed by atoms with E-state index in [4.69, 9.17) is 11.0 Å². The molecule has 6 nitrogen and oxygen atoms in total. The van der Waals surface area contributed by atoms with Crippen molar-refractivity contribution in [2.24, 2.45) is 5.73 Å². The van der Waals surface area contributed by atoms with E-state index in [0.717, 1.165) is 15.7 Å². The zero-order valence-corrected chi connectivity index (χ0v) is 11.7. The van der Waals surface area contributed by atoms with Gasteiger partial charge in [0.25, 0.3) is 5.56 Å². The van der Waals surface area contributed by atoms with E-state index < -0.39 is 0 Å². The molecule has 0 atom stereocenters. The summed E-state index contributed by atoms with van der Waals surface area (Å²) in [7, 11) is 0. The van der Waals surface area contributed by atoms with Crippen LogP contribution < -0.4 is 17.0 Å². The van der Waals surface area contributed by atoms with Gasteiger partial charge in [-0.15, -0.1) is 0 Å². The quantitative estimate of drug-likeness (QED) is 0.867. The molecule has 0 spiro atoms. The lowest BCUT2D eigenvalue weighted by Gasteiger charge is -2.11. The van der Waals surface area contributed by atoms with E-state index in [1.807, 2.05) is 13.0 Å². The van der Waals surface area contributed by atoms with E-state index >= 15 is 0 Å². The van der Waals surface area contributed by atoms with Gasteiger partial charge in [-0.25, -0.2) is 4.79 Å². The summed E-state index contributed by atoms with van der Waals surface area (Å²) in [5.74, 6) is 0. The Kier molecular flexibility index (Phi) is 4.36. The van der Waals surface area contributed by atoms with Crippen LogP contribution in [0.2, 0.25) is 0 Å². The first-order valence-corrected chi connectivity index (χ1v) is 6.57. The second-order valence-electron chi connectivity index (χ2n) is 4.76. The molecule has 0 amide bonds. The standard InChI is InChI=1S/C15H16N4O2/c1-11-8-12(9-17)2-3-13(11)10-18-6-4-14(20)19(7-5-16)15(18)21/h2-4,6,8H,5,7,10,16H2,1H3. The molecule has 1 heterocycles. The number of benzene rings is 1. The van der Waals surface area contributed by atoms with Crippen molar-refractivity contribution in [3.8, 4) is 6.07 Å². The topological polar surface area (TPSA) is 93.8 Å². The number of nitrogens with two attached hydrogens (primary N) is 1. The normalized spacial score (nSPS) is 10.3. The number of rotatable bonds is 4. The fourth-order valence-electron chi connectivity index (χ4n) is 2.14. The third-order valence-corrected chi connectivity index (χ3v) is 3.30. The molecule has 0 radical (unpaired) electrons. The fraction of sp³-hybridized carbons (Fsp3) is 0.267. The van der Waals surface area contributed by atoms with Gasteiger partial charge in [0.1, 0.15) is 0 Å². The highest BCUT2D eigenvalue weighted by atomic mass is 16.2. The molecule has 1 aromatic heterocycles. The summed E-state index contributed by atoms with van der Waals surface area (Å²) in [5.41, 5.74) is 7.13. The van der Waals surface area contributed by atoms with Crippen molar-refractivity contribution < 1.29 is 0 Å². The third kappa shape index (κ3) is 3.09. The van der Waals surface area contributed by atoms with Crippen LogP contribution in [0, 0.1) is 18.3 Å². The maximum absolute atomic E-state index is 12.2. The lowest BCUT2D eigenvalue weighted by molar-refractivity contribution is 0.579. The van der Waals surface area contributed by atoms with Gasteiger partial charge >= 0.3 is 5.69 Å². The number of aromatic nitrogens is 2. The molecule has 0 bridgehead atoms. The van der Waals surface area contributed by atoms with E-state index in [2.05, 4.69) is 6.07 Å². The minimum absolute atomic E-state index is 0.199. The molecule has 0 fully saturated rings. The molecule has 1 aromatic carbocycles. The van der Waals surface area contributed by atoms with Crippen LogP contribution in [0.25, 0.3) is 0 Å². The molecule has 2 aromatic rings. The van der Waals surface area contributed by atoms with Crippen molar-refractivity contribution in [3.05, 3.63) is 68.0 Å². The van der Waals surface area contributed by atoms with Gasteiger partial charge in [0.05, 0.1) is 18.2 Å². The molecular weight excluding hydrogens is 268 g/mol. The third-order valence-electron chi connectivity index (χ3n) is 3.30. The largest absolute Gasteiger partial charge is 0.331 e. The predicted octanol–water partition coefficient (Wildman–Crippen LogP) is 0.197. The molecule has 0 aliphatic carbocycles. The lowest BCUT2D eigenvalue weighted by Crippen LogP contribution is -2.40. The van der Waals surface area contributed by atoms with Crippen molar-refractivity contribution >= 4 is 0 Å². The van der Waals surface area contributed by atoms with Crippen LogP contribution in [-0.4, -0.2) is 15.7 Å². The highest BCUT2D eigenvalue weighted by Crippen LogP contribution is 2.11. The van der Waals surface area contributed by atoms with Crippen LogP contribution in [-0.2, 0) is 13.1 Å². The molecule has 21 heavy (non-hydrogen) atoms. The van der Waals surface area contributed by atoms with Crippen molar-refractivity contribution in [3.63, 3.8) is 0 Å². The Labute approximate surface area is 121 Å². The number of aryl methyl sites for hydroxylation is 1. The van der Waals surface area contributed by atoms with E-state index in [9.17, 15) is 9.59 Å². The summed E-state index contributed by atoms with van der Waals surface area (Å²) in [4.78, 5) is 23.9. The van der Waals surface area contributed by atoms with Crippen LogP contribution in [0.3, 0.4) is 0 Å². The summed E-state index contributed by atoms with van der Waals surface area (Å²) in [5, 5.41) is 8.86. The minimum Gasteiger partial charge on any atom is -0.329 e. The second-order valence-corrected chi connectivity index (χ2v) is 4.76. The number of hydrogen-bond donors (Lipinski definition) is 1. The Bertz CT molecular complexity index is 812. The smallest absolute Gasteiger partial charge is 0.329 e. The molecule has 2 N–H and O–H groups in total. The fourth-order valence-corrected chi connectivity index (χ4v) is 2.14. The summed E-state index contributed by atoms with van der Waals surface area (Å²) >= 11 is 0. The highest BCUT2D eigenvalue weighted by Gasteiger charge is 2.07. The molecule has 108 valence electrons. The minimum atomic E-state index is -0.378. The van der Waals surface area contributed by atoms with Crippen molar-refractivity contribution in [2.45, 2.75) is 20.0 Å². The van der Waals surface area contributed by atoms with Gasteiger partial charge in [-0.05, 0) is 30.2 Å². The Morgan fingerprint density at radius 2 is 2.05 bits per heavy atom. The number of hydrogen-bond acceptors (Lipinski definition) is 4.